The molecule has 0 spiro atoms. The second-order valence-electron chi connectivity index (χ2n) is 9.82. The van der Waals surface area contributed by atoms with E-state index in [1.165, 1.54) is 0 Å². The minimum absolute atomic E-state index is 0.0200. The van der Waals surface area contributed by atoms with Gasteiger partial charge in [0.05, 0.1) is 24.1 Å². The molecule has 0 amide bonds. The molecule has 0 saturated carbocycles. The molecule has 1 aliphatic rings. The van der Waals surface area contributed by atoms with E-state index in [0.717, 1.165) is 17.0 Å². The highest BCUT2D eigenvalue weighted by Crippen LogP contribution is 2.43. The number of carbonyl (C=O) groups excluding carboxylic acids is 1. The van der Waals surface area contributed by atoms with Crippen LogP contribution in [-0.4, -0.2) is 32.3 Å². The molecule has 0 fully saturated rings. The van der Waals surface area contributed by atoms with Gasteiger partial charge in [-0.15, -0.1) is 0 Å². The fourth-order valence-corrected chi connectivity index (χ4v) is 4.87. The molecule has 7 heteroatoms. The van der Waals surface area contributed by atoms with Crippen molar-refractivity contribution in [3.8, 4) is 17.2 Å². The average Bonchev–Trinajstić information content (AvgIpc) is 3.04. The summed E-state index contributed by atoms with van der Waals surface area (Å²) < 4.78 is 18.0. The maximum absolute atomic E-state index is 13.3. The summed E-state index contributed by atoms with van der Waals surface area (Å²) in [4.78, 5) is 13.9. The minimum atomic E-state index is -2.10. The van der Waals surface area contributed by atoms with Crippen LogP contribution >= 0.6 is 12.2 Å². The Morgan fingerprint density at radius 1 is 1.09 bits per heavy atom. The van der Waals surface area contributed by atoms with Gasteiger partial charge >= 0.3 is 0 Å². The van der Waals surface area contributed by atoms with Gasteiger partial charge in [0.1, 0.15) is 11.5 Å². The minimum Gasteiger partial charge on any atom is -0.541 e. The molecule has 0 aromatic heterocycles. The number of hydrogen-bond donors (Lipinski definition) is 1. The summed E-state index contributed by atoms with van der Waals surface area (Å²) in [5, 5.41) is 3.27. The Hall–Kier alpha value is -2.38. The molecule has 0 saturated heterocycles. The van der Waals surface area contributed by atoms with Gasteiger partial charge in [0.2, 0.25) is 0 Å². The first kappa shape index (κ1) is 25.2. The Labute approximate surface area is 204 Å². The first-order valence-corrected chi connectivity index (χ1v) is 14.8. The van der Waals surface area contributed by atoms with Crippen molar-refractivity contribution in [2.75, 3.05) is 18.5 Å². The summed E-state index contributed by atoms with van der Waals surface area (Å²) in [7, 11) is -2.10. The van der Waals surface area contributed by atoms with Crippen molar-refractivity contribution in [2.24, 2.45) is 5.92 Å². The van der Waals surface area contributed by atoms with E-state index in [1.807, 2.05) is 50.2 Å². The number of carbonyl (C=O) groups is 1. The van der Waals surface area contributed by atoms with Gasteiger partial charge in [-0.2, -0.15) is 0 Å². The summed E-state index contributed by atoms with van der Waals surface area (Å²) in [6.07, 6.45) is 0.547. The Balaban J connectivity index is 1.85. The lowest BCUT2D eigenvalue weighted by molar-refractivity contribution is 0.0969. The third-order valence-corrected chi connectivity index (χ3v) is 11.1. The third-order valence-electron chi connectivity index (χ3n) is 6.38. The van der Waals surface area contributed by atoms with Crippen molar-refractivity contribution in [2.45, 2.75) is 59.2 Å². The lowest BCUT2D eigenvalue weighted by Gasteiger charge is -2.37. The second-order valence-corrected chi connectivity index (χ2v) is 15.0. The molecular weight excluding hydrogens is 450 g/mol. The highest BCUT2D eigenvalue weighted by molar-refractivity contribution is 7.80. The van der Waals surface area contributed by atoms with Crippen LogP contribution < -0.4 is 19.2 Å². The quantitative estimate of drug-likeness (QED) is 0.333. The van der Waals surface area contributed by atoms with Crippen molar-refractivity contribution in [3.05, 3.63) is 47.5 Å². The van der Waals surface area contributed by atoms with Gasteiger partial charge in [-0.3, -0.25) is 4.79 Å². The van der Waals surface area contributed by atoms with E-state index in [9.17, 15) is 4.79 Å². The summed E-state index contributed by atoms with van der Waals surface area (Å²) in [6.45, 7) is 16.0. The highest BCUT2D eigenvalue weighted by atomic mass is 32.1. The largest absolute Gasteiger partial charge is 0.541 e. The lowest BCUT2D eigenvalue weighted by atomic mass is 10.1. The van der Waals surface area contributed by atoms with Gasteiger partial charge in [0, 0.05) is 17.3 Å². The Morgan fingerprint density at radius 2 is 1.79 bits per heavy atom. The smallest absolute Gasteiger partial charge is 0.250 e. The van der Waals surface area contributed by atoms with Crippen LogP contribution in [0.2, 0.25) is 18.1 Å². The Morgan fingerprint density at radius 3 is 2.42 bits per heavy atom. The molecule has 1 aliphatic carbocycles. The Bertz CT molecular complexity index is 1050. The topological polar surface area (TPSA) is 56.8 Å². The number of nitrogens with one attached hydrogen (secondary N) is 1. The number of benzene rings is 2. The van der Waals surface area contributed by atoms with Gasteiger partial charge < -0.3 is 19.2 Å². The van der Waals surface area contributed by atoms with E-state index in [0.29, 0.717) is 41.7 Å². The molecule has 3 rings (SSSR count). The number of Topliss-reactive ketones (excluding diaryl/α,β-unsaturated/α-hetero) is 1. The zero-order valence-corrected chi connectivity index (χ0v) is 22.5. The number of hydrogen-bond acceptors (Lipinski definition) is 5. The lowest BCUT2D eigenvalue weighted by Crippen LogP contribution is -2.44. The van der Waals surface area contributed by atoms with Crippen LogP contribution in [0, 0.1) is 5.92 Å². The Kier molecular flexibility index (Phi) is 7.54. The summed E-state index contributed by atoms with van der Waals surface area (Å²) in [5.74, 6) is 1.72. The number of ketones is 1. The van der Waals surface area contributed by atoms with Crippen LogP contribution in [0.25, 0.3) is 0 Å². The van der Waals surface area contributed by atoms with Crippen LogP contribution in [-0.2, 0) is 6.42 Å². The maximum Gasteiger partial charge on any atom is 0.250 e. The number of rotatable bonds is 8. The van der Waals surface area contributed by atoms with Crippen molar-refractivity contribution < 1.29 is 18.7 Å². The second kappa shape index (κ2) is 9.85. The summed E-state index contributed by atoms with van der Waals surface area (Å²) >= 11 is 5.65. The number of thiocarbonyl (C=S) groups is 1. The SMILES string of the molecule is CCOc1cccc(NC(=S)C2Cc3cc(OCC)c(O[Si](C)(C)C(C)(C)C)cc3C2=O)c1. The number of ether oxygens (including phenoxy) is 2. The van der Waals surface area contributed by atoms with Crippen molar-refractivity contribution in [1.82, 2.24) is 0 Å². The number of anilines is 1. The van der Waals surface area contributed by atoms with E-state index in [-0.39, 0.29) is 10.8 Å². The molecule has 33 heavy (non-hydrogen) atoms. The molecule has 1 atom stereocenters. The molecule has 2 aromatic rings. The highest BCUT2D eigenvalue weighted by Gasteiger charge is 2.41. The van der Waals surface area contributed by atoms with E-state index in [2.05, 4.69) is 39.2 Å². The standard InChI is InChI=1S/C26H35NO4SSi/c1-8-29-19-12-10-11-18(15-19)27-25(32)21-13-17-14-22(30-9-2)23(16-20(17)24(21)28)31-33(6,7)26(3,4)5/h10-12,14-16,21H,8-9,13H2,1-7H3,(H,27,32). The monoisotopic (exact) mass is 485 g/mol. The predicted octanol–water partition coefficient (Wildman–Crippen LogP) is 6.66. The number of fused-ring (bicyclic) bond motifs is 1. The molecule has 5 nitrogen and oxygen atoms in total. The molecule has 178 valence electrons. The van der Waals surface area contributed by atoms with Crippen LogP contribution in [0.4, 0.5) is 5.69 Å². The fraction of sp³-hybridized carbons (Fsp3) is 0.462. The zero-order valence-electron chi connectivity index (χ0n) is 20.7. The molecule has 1 unspecified atom stereocenters. The van der Waals surface area contributed by atoms with E-state index >= 15 is 0 Å². The van der Waals surface area contributed by atoms with Gasteiger partial charge in [0.15, 0.2) is 11.5 Å². The third kappa shape index (κ3) is 5.58. The summed E-state index contributed by atoms with van der Waals surface area (Å²) in [5.41, 5.74) is 2.43. The first-order chi connectivity index (χ1) is 15.5. The summed E-state index contributed by atoms with van der Waals surface area (Å²) in [6, 6.07) is 11.4. The molecular formula is C26H35NO4SSi. The van der Waals surface area contributed by atoms with Gasteiger partial charge in [-0.1, -0.05) is 39.1 Å². The average molecular weight is 486 g/mol. The molecule has 0 bridgehead atoms. The van der Waals surface area contributed by atoms with Crippen LogP contribution in [0.15, 0.2) is 36.4 Å². The van der Waals surface area contributed by atoms with Crippen LogP contribution in [0.3, 0.4) is 0 Å². The van der Waals surface area contributed by atoms with E-state index in [1.54, 1.807) is 0 Å². The molecule has 1 N–H and O–H groups in total. The van der Waals surface area contributed by atoms with Gasteiger partial charge in [-0.25, -0.2) is 0 Å². The molecule has 0 aliphatic heterocycles. The predicted molar refractivity (Wildman–Crippen MR) is 141 cm³/mol. The molecule has 0 heterocycles. The molecule has 0 radical (unpaired) electrons. The van der Waals surface area contributed by atoms with Crippen LogP contribution in [0.5, 0.6) is 17.2 Å². The molecule has 2 aromatic carbocycles. The van der Waals surface area contributed by atoms with Crippen molar-refractivity contribution >= 4 is 37.0 Å². The van der Waals surface area contributed by atoms with Crippen molar-refractivity contribution in [3.63, 3.8) is 0 Å². The fourth-order valence-electron chi connectivity index (χ4n) is 3.55. The van der Waals surface area contributed by atoms with E-state index < -0.39 is 14.2 Å². The van der Waals surface area contributed by atoms with E-state index in [4.69, 9.17) is 26.1 Å². The zero-order chi connectivity index (χ0) is 24.4. The van der Waals surface area contributed by atoms with Gasteiger partial charge in [0.25, 0.3) is 8.32 Å². The normalized spacial score (nSPS) is 15.7. The van der Waals surface area contributed by atoms with Crippen LogP contribution in [0.1, 0.15) is 50.5 Å². The first-order valence-electron chi connectivity index (χ1n) is 11.5. The van der Waals surface area contributed by atoms with Gasteiger partial charge in [-0.05, 0) is 68.2 Å². The van der Waals surface area contributed by atoms with Crippen molar-refractivity contribution in [1.29, 1.82) is 0 Å². The maximum atomic E-state index is 13.3.